The Bertz CT molecular complexity index is 391. The van der Waals surface area contributed by atoms with E-state index in [2.05, 4.69) is 0 Å². The van der Waals surface area contributed by atoms with Crippen molar-refractivity contribution in [3.63, 3.8) is 0 Å². The van der Waals surface area contributed by atoms with Crippen LogP contribution in [-0.2, 0) is 0 Å². The van der Waals surface area contributed by atoms with Gasteiger partial charge in [0.15, 0.2) is 5.78 Å². The van der Waals surface area contributed by atoms with Crippen molar-refractivity contribution in [1.82, 2.24) is 0 Å². The first-order valence-electron chi connectivity index (χ1n) is 4.23. The van der Waals surface area contributed by atoms with E-state index >= 15 is 0 Å². The van der Waals surface area contributed by atoms with Crippen molar-refractivity contribution in [2.75, 3.05) is 12.8 Å². The highest BCUT2D eigenvalue weighted by Gasteiger charge is 2.21. The maximum absolute atomic E-state index is 12.7. The number of rotatable bonds is 3. The van der Waals surface area contributed by atoms with Crippen molar-refractivity contribution in [2.45, 2.75) is 13.3 Å². The summed E-state index contributed by atoms with van der Waals surface area (Å²) >= 11 is 0. The van der Waals surface area contributed by atoms with Crippen LogP contribution in [0, 0.1) is 0 Å². The lowest BCUT2D eigenvalue weighted by Crippen LogP contribution is -2.04. The van der Waals surface area contributed by atoms with E-state index in [9.17, 15) is 13.6 Å². The van der Waals surface area contributed by atoms with Crippen LogP contribution in [-0.4, -0.2) is 12.9 Å². The van der Waals surface area contributed by atoms with Gasteiger partial charge in [-0.25, -0.2) is 8.78 Å². The molecule has 0 aliphatic carbocycles. The molecule has 1 rings (SSSR count). The fourth-order valence-electron chi connectivity index (χ4n) is 1.33. The van der Waals surface area contributed by atoms with Gasteiger partial charge >= 0.3 is 0 Å². The van der Waals surface area contributed by atoms with Gasteiger partial charge in [0, 0.05) is 17.3 Å². The van der Waals surface area contributed by atoms with Crippen molar-refractivity contribution < 1.29 is 18.3 Å². The van der Waals surface area contributed by atoms with Gasteiger partial charge in [0.25, 0.3) is 6.43 Å². The fourth-order valence-corrected chi connectivity index (χ4v) is 1.33. The van der Waals surface area contributed by atoms with Crippen molar-refractivity contribution in [3.05, 3.63) is 23.3 Å². The molecule has 0 radical (unpaired) electrons. The molecule has 0 unspecified atom stereocenters. The highest BCUT2D eigenvalue weighted by atomic mass is 19.3. The van der Waals surface area contributed by atoms with Crippen molar-refractivity contribution in [1.29, 1.82) is 0 Å². The number of carbonyl (C=O) groups excluding carboxylic acids is 1. The smallest absolute Gasteiger partial charge is 0.268 e. The van der Waals surface area contributed by atoms with Crippen LogP contribution in [0.3, 0.4) is 0 Å². The molecule has 1 aromatic rings. The minimum absolute atomic E-state index is 0.0600. The summed E-state index contributed by atoms with van der Waals surface area (Å²) < 4.78 is 30.2. The van der Waals surface area contributed by atoms with Crippen LogP contribution in [0.15, 0.2) is 12.1 Å². The number of carbonyl (C=O) groups is 1. The number of halogens is 2. The summed E-state index contributed by atoms with van der Waals surface area (Å²) in [6, 6.07) is 2.50. The monoisotopic (exact) mass is 215 g/mol. The predicted octanol–water partition coefficient (Wildman–Crippen LogP) is 2.42. The lowest BCUT2D eigenvalue weighted by atomic mass is 10.0. The molecule has 0 atom stereocenters. The second kappa shape index (κ2) is 4.25. The molecule has 0 aliphatic heterocycles. The molecule has 0 bridgehead atoms. The van der Waals surface area contributed by atoms with Crippen LogP contribution < -0.4 is 10.5 Å². The lowest BCUT2D eigenvalue weighted by molar-refractivity contribution is 0.0996. The number of ketones is 1. The zero-order valence-electron chi connectivity index (χ0n) is 8.38. The third-order valence-corrected chi connectivity index (χ3v) is 1.98. The first kappa shape index (κ1) is 11.4. The molecule has 0 aromatic heterocycles. The zero-order chi connectivity index (χ0) is 11.6. The Kier molecular flexibility index (Phi) is 3.24. The van der Waals surface area contributed by atoms with Gasteiger partial charge in [0.1, 0.15) is 5.75 Å². The molecule has 0 aliphatic rings. The Morgan fingerprint density at radius 3 is 2.47 bits per heavy atom. The first-order chi connectivity index (χ1) is 6.97. The van der Waals surface area contributed by atoms with Gasteiger partial charge in [-0.15, -0.1) is 0 Å². The molecule has 1 aromatic carbocycles. The maximum Gasteiger partial charge on any atom is 0.268 e. The summed E-state index contributed by atoms with van der Waals surface area (Å²) in [4.78, 5) is 11.1. The Labute approximate surface area is 85.8 Å². The van der Waals surface area contributed by atoms with E-state index in [1.165, 1.54) is 26.2 Å². The van der Waals surface area contributed by atoms with Crippen molar-refractivity contribution >= 4 is 11.5 Å². The highest BCUT2D eigenvalue weighted by Crippen LogP contribution is 2.34. The summed E-state index contributed by atoms with van der Waals surface area (Å²) in [6.45, 7) is 1.21. The van der Waals surface area contributed by atoms with Gasteiger partial charge in [-0.1, -0.05) is 0 Å². The predicted molar refractivity (Wildman–Crippen MR) is 52.4 cm³/mol. The number of nitrogens with two attached hydrogens (primary N) is 1. The summed E-state index contributed by atoms with van der Waals surface area (Å²) in [6.07, 6.45) is -2.76. The molecule has 0 spiro atoms. The quantitative estimate of drug-likeness (QED) is 0.622. The molecule has 0 saturated heterocycles. The SMILES string of the molecule is COc1cc(N)cc(C(C)=O)c1C(F)F. The second-order valence-electron chi connectivity index (χ2n) is 3.04. The van der Waals surface area contributed by atoms with E-state index in [4.69, 9.17) is 10.5 Å². The normalized spacial score (nSPS) is 10.5. The molecular weight excluding hydrogens is 204 g/mol. The van der Waals surface area contributed by atoms with Gasteiger partial charge in [0.05, 0.1) is 12.7 Å². The fraction of sp³-hybridized carbons (Fsp3) is 0.300. The number of hydrogen-bond acceptors (Lipinski definition) is 3. The molecule has 15 heavy (non-hydrogen) atoms. The third kappa shape index (κ3) is 2.23. The summed E-state index contributed by atoms with van der Waals surface area (Å²) in [5.74, 6) is -0.522. The number of benzene rings is 1. The minimum Gasteiger partial charge on any atom is -0.496 e. The molecule has 0 amide bonds. The van der Waals surface area contributed by atoms with E-state index in [-0.39, 0.29) is 17.0 Å². The molecule has 0 fully saturated rings. The Morgan fingerprint density at radius 1 is 1.47 bits per heavy atom. The second-order valence-corrected chi connectivity index (χ2v) is 3.04. The average Bonchev–Trinajstić information content (AvgIpc) is 2.15. The van der Waals surface area contributed by atoms with Crippen LogP contribution in [0.5, 0.6) is 5.75 Å². The standard InChI is InChI=1S/C10H11F2NO2/c1-5(14)7-3-6(13)4-8(15-2)9(7)10(11)12/h3-4,10H,13H2,1-2H3. The van der Waals surface area contributed by atoms with E-state index < -0.39 is 17.8 Å². The number of ether oxygens (including phenoxy) is 1. The zero-order valence-corrected chi connectivity index (χ0v) is 8.38. The summed E-state index contributed by atoms with van der Waals surface area (Å²) in [5, 5.41) is 0. The molecule has 82 valence electrons. The van der Waals surface area contributed by atoms with Crippen molar-refractivity contribution in [2.24, 2.45) is 0 Å². The molecule has 3 nitrogen and oxygen atoms in total. The Hall–Kier alpha value is -1.65. The van der Waals surface area contributed by atoms with Gasteiger partial charge in [-0.05, 0) is 13.0 Å². The van der Waals surface area contributed by atoms with E-state index in [1.807, 2.05) is 0 Å². The van der Waals surface area contributed by atoms with Crippen molar-refractivity contribution in [3.8, 4) is 5.75 Å². The largest absolute Gasteiger partial charge is 0.496 e. The van der Waals surface area contributed by atoms with Gasteiger partial charge in [-0.3, -0.25) is 4.79 Å². The number of nitrogen functional groups attached to an aromatic ring is 1. The molecule has 2 N–H and O–H groups in total. The van der Waals surface area contributed by atoms with E-state index in [0.29, 0.717) is 0 Å². The van der Waals surface area contributed by atoms with Crippen LogP contribution in [0.4, 0.5) is 14.5 Å². The topological polar surface area (TPSA) is 52.3 Å². The Morgan fingerprint density at radius 2 is 2.07 bits per heavy atom. The molecule has 5 heteroatoms. The Balaban J connectivity index is 3.47. The van der Waals surface area contributed by atoms with E-state index in [1.54, 1.807) is 0 Å². The van der Waals surface area contributed by atoms with Crippen LogP contribution in [0.2, 0.25) is 0 Å². The highest BCUT2D eigenvalue weighted by molar-refractivity contribution is 5.97. The molecule has 0 heterocycles. The molecular formula is C10H11F2NO2. The summed E-state index contributed by atoms with van der Waals surface area (Å²) in [7, 11) is 1.25. The number of methoxy groups -OCH3 is 1. The number of anilines is 1. The average molecular weight is 215 g/mol. The number of Topliss-reactive ketones (excluding diaryl/α,β-unsaturated/α-hetero) is 1. The summed E-state index contributed by atoms with van der Waals surface area (Å²) in [5.41, 5.74) is 5.19. The van der Waals surface area contributed by atoms with Crippen LogP contribution in [0.1, 0.15) is 29.3 Å². The minimum atomic E-state index is -2.76. The number of hydrogen-bond donors (Lipinski definition) is 1. The number of alkyl halides is 2. The van der Waals surface area contributed by atoms with Gasteiger partial charge in [-0.2, -0.15) is 0 Å². The van der Waals surface area contributed by atoms with Gasteiger partial charge in [0.2, 0.25) is 0 Å². The molecule has 0 saturated carbocycles. The van der Waals surface area contributed by atoms with Crippen LogP contribution >= 0.6 is 0 Å². The third-order valence-electron chi connectivity index (χ3n) is 1.98. The van der Waals surface area contributed by atoms with Gasteiger partial charge < -0.3 is 10.5 Å². The first-order valence-corrected chi connectivity index (χ1v) is 4.23. The van der Waals surface area contributed by atoms with Crippen LogP contribution in [0.25, 0.3) is 0 Å². The lowest BCUT2D eigenvalue weighted by Gasteiger charge is -2.12. The maximum atomic E-state index is 12.7. The van der Waals surface area contributed by atoms with E-state index in [0.717, 1.165) is 0 Å².